The molecule has 3 unspecified atom stereocenters. The van der Waals surface area contributed by atoms with E-state index in [1.807, 2.05) is 31.2 Å². The average molecular weight is 258 g/mol. The molecule has 102 valence electrons. The molecule has 0 saturated heterocycles. The van der Waals surface area contributed by atoms with Crippen molar-refractivity contribution in [1.29, 1.82) is 0 Å². The van der Waals surface area contributed by atoms with Gasteiger partial charge in [0.15, 0.2) is 0 Å². The lowest BCUT2D eigenvalue weighted by Crippen LogP contribution is -2.16. The third-order valence-electron chi connectivity index (χ3n) is 4.64. The van der Waals surface area contributed by atoms with E-state index in [0.29, 0.717) is 11.8 Å². The maximum Gasteiger partial charge on any atom is 0.228 e. The zero-order valence-corrected chi connectivity index (χ0v) is 11.4. The lowest BCUT2D eigenvalue weighted by atomic mass is 10.0. The molecule has 3 nitrogen and oxygen atoms in total. The Morgan fingerprint density at radius 3 is 2.63 bits per heavy atom. The number of nitrogens with two attached hydrogens (primary N) is 1. The quantitative estimate of drug-likeness (QED) is 0.875. The van der Waals surface area contributed by atoms with Gasteiger partial charge in [-0.25, -0.2) is 0 Å². The second-order valence-electron chi connectivity index (χ2n) is 6.04. The molecule has 0 radical (unpaired) electrons. The molecule has 3 heteroatoms. The van der Waals surface area contributed by atoms with Crippen molar-refractivity contribution < 1.29 is 4.79 Å². The van der Waals surface area contributed by atoms with E-state index in [9.17, 15) is 4.79 Å². The lowest BCUT2D eigenvalue weighted by Gasteiger charge is -2.09. The van der Waals surface area contributed by atoms with Crippen molar-refractivity contribution in [2.75, 3.05) is 5.32 Å². The normalized spacial score (nSPS) is 30.3. The molecule has 1 amide bonds. The molecule has 2 aliphatic carbocycles. The van der Waals surface area contributed by atoms with Gasteiger partial charge < -0.3 is 11.1 Å². The van der Waals surface area contributed by atoms with Crippen LogP contribution < -0.4 is 11.1 Å². The Labute approximate surface area is 114 Å². The van der Waals surface area contributed by atoms with Crippen LogP contribution in [0.1, 0.15) is 44.2 Å². The highest BCUT2D eigenvalue weighted by molar-refractivity contribution is 5.95. The van der Waals surface area contributed by atoms with Crippen molar-refractivity contribution >= 4 is 11.6 Å². The van der Waals surface area contributed by atoms with E-state index in [4.69, 9.17) is 5.73 Å². The number of hydrogen-bond donors (Lipinski definition) is 2. The second-order valence-corrected chi connectivity index (χ2v) is 6.04. The zero-order chi connectivity index (χ0) is 13.4. The first kappa shape index (κ1) is 12.7. The van der Waals surface area contributed by atoms with Crippen molar-refractivity contribution in [1.82, 2.24) is 0 Å². The summed E-state index contributed by atoms with van der Waals surface area (Å²) in [5, 5.41) is 3.06. The Balaban J connectivity index is 1.65. The fourth-order valence-corrected chi connectivity index (χ4v) is 3.51. The minimum absolute atomic E-state index is 0.000331. The van der Waals surface area contributed by atoms with Crippen molar-refractivity contribution in [3.8, 4) is 0 Å². The first-order valence-corrected chi connectivity index (χ1v) is 7.33. The molecule has 2 aliphatic rings. The Bertz CT molecular complexity index is 471. The van der Waals surface area contributed by atoms with Crippen LogP contribution in [-0.2, 0) is 4.79 Å². The van der Waals surface area contributed by atoms with Crippen molar-refractivity contribution in [2.24, 2.45) is 23.5 Å². The van der Waals surface area contributed by atoms with E-state index in [1.54, 1.807) is 0 Å². The molecule has 0 aromatic heterocycles. The minimum Gasteiger partial charge on any atom is -0.326 e. The largest absolute Gasteiger partial charge is 0.326 e. The van der Waals surface area contributed by atoms with Crippen LogP contribution in [0.15, 0.2) is 24.3 Å². The summed E-state index contributed by atoms with van der Waals surface area (Å²) in [6.07, 6.45) is 5.07. The number of carbonyl (C=O) groups is 1. The van der Waals surface area contributed by atoms with Gasteiger partial charge in [-0.3, -0.25) is 4.79 Å². The van der Waals surface area contributed by atoms with Crippen molar-refractivity contribution in [2.45, 2.75) is 38.6 Å². The van der Waals surface area contributed by atoms with E-state index in [2.05, 4.69) is 5.32 Å². The van der Waals surface area contributed by atoms with E-state index >= 15 is 0 Å². The molecule has 3 rings (SSSR count). The summed E-state index contributed by atoms with van der Waals surface area (Å²) < 4.78 is 0. The van der Waals surface area contributed by atoms with Crippen LogP contribution in [0.3, 0.4) is 0 Å². The van der Waals surface area contributed by atoms with Gasteiger partial charge in [0.2, 0.25) is 5.91 Å². The highest BCUT2D eigenvalue weighted by Gasteiger charge is 2.54. The van der Waals surface area contributed by atoms with Crippen molar-refractivity contribution in [3.05, 3.63) is 29.8 Å². The van der Waals surface area contributed by atoms with Crippen LogP contribution >= 0.6 is 0 Å². The van der Waals surface area contributed by atoms with Crippen LogP contribution in [0.2, 0.25) is 0 Å². The molecule has 0 heterocycles. The van der Waals surface area contributed by atoms with E-state index < -0.39 is 0 Å². The number of rotatable bonds is 3. The SMILES string of the molecule is CC(N)c1cccc(NC(=O)C2C3CCCCC32)c1. The summed E-state index contributed by atoms with van der Waals surface area (Å²) in [5.41, 5.74) is 7.81. The highest BCUT2D eigenvalue weighted by atomic mass is 16.2. The topological polar surface area (TPSA) is 55.1 Å². The van der Waals surface area contributed by atoms with Gasteiger partial charge in [-0.1, -0.05) is 25.0 Å². The number of anilines is 1. The van der Waals surface area contributed by atoms with Crippen LogP contribution in [0, 0.1) is 17.8 Å². The Morgan fingerprint density at radius 1 is 1.32 bits per heavy atom. The molecule has 0 spiro atoms. The number of nitrogens with one attached hydrogen (secondary N) is 1. The molecular formula is C16H22N2O. The number of benzene rings is 1. The van der Waals surface area contributed by atoms with Crippen molar-refractivity contribution in [3.63, 3.8) is 0 Å². The minimum atomic E-state index is 0.000331. The van der Waals surface area contributed by atoms with Gasteiger partial charge in [-0.05, 0) is 49.3 Å². The molecule has 0 aliphatic heterocycles. The summed E-state index contributed by atoms with van der Waals surface area (Å²) >= 11 is 0. The summed E-state index contributed by atoms with van der Waals surface area (Å²) in [6, 6.07) is 7.87. The van der Waals surface area contributed by atoms with Crippen LogP contribution in [-0.4, -0.2) is 5.91 Å². The number of amides is 1. The monoisotopic (exact) mass is 258 g/mol. The molecule has 1 aromatic rings. The number of fused-ring (bicyclic) bond motifs is 1. The predicted molar refractivity (Wildman–Crippen MR) is 76.6 cm³/mol. The maximum absolute atomic E-state index is 12.3. The summed E-state index contributed by atoms with van der Waals surface area (Å²) in [4.78, 5) is 12.3. The Kier molecular flexibility index (Phi) is 3.31. The van der Waals surface area contributed by atoms with Crippen LogP contribution in [0.25, 0.3) is 0 Å². The van der Waals surface area contributed by atoms with Gasteiger partial charge in [-0.2, -0.15) is 0 Å². The molecule has 1 aromatic carbocycles. The molecular weight excluding hydrogens is 236 g/mol. The van der Waals surface area contributed by atoms with Gasteiger partial charge in [0.1, 0.15) is 0 Å². The van der Waals surface area contributed by atoms with Gasteiger partial charge in [0.05, 0.1) is 0 Å². The first-order valence-electron chi connectivity index (χ1n) is 7.33. The predicted octanol–water partition coefficient (Wildman–Crippen LogP) is 3.08. The molecule has 19 heavy (non-hydrogen) atoms. The maximum atomic E-state index is 12.3. The van der Waals surface area contributed by atoms with Gasteiger partial charge in [0, 0.05) is 17.6 Å². The Morgan fingerprint density at radius 2 is 2.00 bits per heavy atom. The number of hydrogen-bond acceptors (Lipinski definition) is 2. The van der Waals surface area contributed by atoms with E-state index in [0.717, 1.165) is 11.3 Å². The average Bonchev–Trinajstić information content (AvgIpc) is 3.13. The Hall–Kier alpha value is -1.35. The fourth-order valence-electron chi connectivity index (χ4n) is 3.51. The summed E-state index contributed by atoms with van der Waals surface area (Å²) in [5.74, 6) is 1.79. The van der Waals surface area contributed by atoms with Gasteiger partial charge >= 0.3 is 0 Å². The third-order valence-corrected chi connectivity index (χ3v) is 4.64. The fraction of sp³-hybridized carbons (Fsp3) is 0.562. The molecule has 0 bridgehead atoms. The highest BCUT2D eigenvalue weighted by Crippen LogP contribution is 2.55. The summed E-state index contributed by atoms with van der Waals surface area (Å²) in [6.45, 7) is 1.95. The first-order chi connectivity index (χ1) is 9.16. The van der Waals surface area contributed by atoms with Crippen LogP contribution in [0.4, 0.5) is 5.69 Å². The summed E-state index contributed by atoms with van der Waals surface area (Å²) in [7, 11) is 0. The zero-order valence-electron chi connectivity index (χ0n) is 11.4. The lowest BCUT2D eigenvalue weighted by molar-refractivity contribution is -0.117. The molecule has 3 N–H and O–H groups in total. The van der Waals surface area contributed by atoms with Gasteiger partial charge in [-0.15, -0.1) is 0 Å². The standard InChI is InChI=1S/C16H22N2O/c1-10(17)11-5-4-6-12(9-11)18-16(19)15-13-7-2-3-8-14(13)15/h4-6,9-10,13-15H,2-3,7-8,17H2,1H3,(H,18,19). The third kappa shape index (κ3) is 2.52. The van der Waals surface area contributed by atoms with Gasteiger partial charge in [0.25, 0.3) is 0 Å². The molecule has 2 saturated carbocycles. The number of carbonyl (C=O) groups excluding carboxylic acids is 1. The molecule has 3 atom stereocenters. The molecule has 2 fully saturated rings. The van der Waals surface area contributed by atoms with Crippen LogP contribution in [0.5, 0.6) is 0 Å². The van der Waals surface area contributed by atoms with E-state index in [-0.39, 0.29) is 17.9 Å². The second kappa shape index (κ2) is 4.97. The smallest absolute Gasteiger partial charge is 0.228 e. The van der Waals surface area contributed by atoms with E-state index in [1.165, 1.54) is 25.7 Å².